The molecule has 2 amide bonds. The maximum Gasteiger partial charge on any atom is 0.415 e. The van der Waals surface area contributed by atoms with Gasteiger partial charge in [-0.05, 0) is 52.2 Å². The summed E-state index contributed by atoms with van der Waals surface area (Å²) in [5.41, 5.74) is 2.69. The van der Waals surface area contributed by atoms with E-state index in [1.54, 1.807) is 11.1 Å². The number of hydrogen-bond acceptors (Lipinski definition) is 8. The number of rotatable bonds is 7. The van der Waals surface area contributed by atoms with Crippen molar-refractivity contribution in [3.63, 3.8) is 0 Å². The van der Waals surface area contributed by atoms with E-state index in [-0.39, 0.29) is 30.9 Å². The molecule has 1 aromatic heterocycles. The number of benzene rings is 1. The van der Waals surface area contributed by atoms with Gasteiger partial charge in [0, 0.05) is 45.0 Å². The highest BCUT2D eigenvalue weighted by atomic mass is 16.6. The number of nitrogens with zero attached hydrogens (tertiary/aromatic N) is 5. The molecule has 0 radical (unpaired) electrons. The van der Waals surface area contributed by atoms with E-state index in [1.807, 2.05) is 27.7 Å². The van der Waals surface area contributed by atoms with Gasteiger partial charge in [-0.2, -0.15) is 4.98 Å². The highest BCUT2D eigenvalue weighted by Gasteiger charge is 2.29. The lowest BCUT2D eigenvalue weighted by atomic mass is 9.98. The average molecular weight is 525 g/mol. The Balaban J connectivity index is 1.37. The number of carbonyl (C=O) groups is 2. The highest BCUT2D eigenvalue weighted by Crippen LogP contribution is 2.29. The zero-order valence-corrected chi connectivity index (χ0v) is 23.4. The summed E-state index contributed by atoms with van der Waals surface area (Å²) in [6.07, 6.45) is 2.08. The van der Waals surface area contributed by atoms with Crippen LogP contribution >= 0.6 is 0 Å². The fourth-order valence-corrected chi connectivity index (χ4v) is 4.92. The maximum absolute atomic E-state index is 12.4. The molecular weight excluding hydrogens is 484 g/mol. The Morgan fingerprint density at radius 2 is 1.76 bits per heavy atom. The fraction of sp³-hybridized carbons (Fsp3) is 0.571. The Morgan fingerprint density at radius 3 is 2.37 bits per heavy atom. The number of hydrogen-bond donors (Lipinski definition) is 1. The van der Waals surface area contributed by atoms with Crippen LogP contribution in [0.3, 0.4) is 0 Å². The van der Waals surface area contributed by atoms with E-state index in [0.717, 1.165) is 30.6 Å². The van der Waals surface area contributed by atoms with Gasteiger partial charge in [0.2, 0.25) is 5.95 Å². The normalized spacial score (nSPS) is 17.9. The maximum atomic E-state index is 12.4. The van der Waals surface area contributed by atoms with Crippen LogP contribution in [0, 0.1) is 0 Å². The summed E-state index contributed by atoms with van der Waals surface area (Å²) < 4.78 is 10.7. The quantitative estimate of drug-likeness (QED) is 0.532. The minimum absolute atomic E-state index is 0.0230. The van der Waals surface area contributed by atoms with Gasteiger partial charge < -0.3 is 19.7 Å². The second kappa shape index (κ2) is 11.6. The van der Waals surface area contributed by atoms with Crippen molar-refractivity contribution >= 4 is 24.0 Å². The molecular formula is C28H40N6O4. The molecule has 3 heterocycles. The van der Waals surface area contributed by atoms with Crippen LogP contribution < -0.4 is 10.2 Å². The summed E-state index contributed by atoms with van der Waals surface area (Å²) >= 11 is 0. The molecule has 1 fully saturated rings. The molecule has 0 saturated carbocycles. The van der Waals surface area contributed by atoms with Crippen molar-refractivity contribution in [1.82, 2.24) is 19.8 Å². The van der Waals surface area contributed by atoms with Gasteiger partial charge in [-0.1, -0.05) is 31.2 Å². The van der Waals surface area contributed by atoms with Crippen LogP contribution in [-0.4, -0.2) is 70.3 Å². The van der Waals surface area contributed by atoms with Crippen molar-refractivity contribution in [3.05, 3.63) is 47.2 Å². The molecule has 4 rings (SSSR count). The fourth-order valence-electron chi connectivity index (χ4n) is 4.92. The van der Waals surface area contributed by atoms with E-state index in [0.29, 0.717) is 31.4 Å². The van der Waals surface area contributed by atoms with Crippen LogP contribution in [-0.2, 0) is 16.1 Å². The standard InChI is InChI=1S/C28H40N6O4/c1-7-23(32-13-15-33(16-14-32)26(35)38-28(4,5)6)21-11-9-20(10-12-21)19(3)30-25-29-17-22-18-37-27(36)34(8-2)24(22)31-25/h9-12,17,19,23H,7-8,13-16,18H2,1-6H3,(H,29,30,31)/t19-,23?/m0/s1. The summed E-state index contributed by atoms with van der Waals surface area (Å²) in [6, 6.07) is 8.91. The predicted molar refractivity (Wildman–Crippen MR) is 146 cm³/mol. The minimum Gasteiger partial charge on any atom is -0.444 e. The lowest BCUT2D eigenvalue weighted by Gasteiger charge is -2.39. The molecule has 10 nitrogen and oxygen atoms in total. The molecule has 0 bridgehead atoms. The molecule has 10 heteroatoms. The molecule has 38 heavy (non-hydrogen) atoms. The number of piperazine rings is 1. The lowest BCUT2D eigenvalue weighted by molar-refractivity contribution is 0.00997. The van der Waals surface area contributed by atoms with Crippen LogP contribution in [0.1, 0.15) is 76.7 Å². The van der Waals surface area contributed by atoms with Crippen LogP contribution in [0.2, 0.25) is 0 Å². The Labute approximate surface area is 225 Å². The first-order valence-electron chi connectivity index (χ1n) is 13.5. The van der Waals surface area contributed by atoms with Gasteiger partial charge in [-0.25, -0.2) is 14.6 Å². The van der Waals surface area contributed by atoms with Crippen molar-refractivity contribution in [3.8, 4) is 0 Å². The Kier molecular flexibility index (Phi) is 8.40. The molecule has 0 spiro atoms. The first-order valence-corrected chi connectivity index (χ1v) is 13.5. The number of fused-ring (bicyclic) bond motifs is 1. The summed E-state index contributed by atoms with van der Waals surface area (Å²) in [6.45, 7) is 15.5. The van der Waals surface area contributed by atoms with E-state index in [9.17, 15) is 9.59 Å². The average Bonchev–Trinajstić information content (AvgIpc) is 2.89. The van der Waals surface area contributed by atoms with Gasteiger partial charge >= 0.3 is 12.2 Å². The molecule has 2 aromatic rings. The molecule has 1 unspecified atom stereocenters. The number of aromatic nitrogens is 2. The SMILES string of the molecule is CCC(c1ccc([C@H](C)Nc2ncc3c(n2)N(CC)C(=O)OC3)cc1)N1CCN(C(=O)OC(C)(C)C)CC1. The smallest absolute Gasteiger partial charge is 0.415 e. The van der Waals surface area contributed by atoms with Crippen LogP contribution in [0.4, 0.5) is 21.4 Å². The van der Waals surface area contributed by atoms with Crippen molar-refractivity contribution in [1.29, 1.82) is 0 Å². The van der Waals surface area contributed by atoms with Crippen LogP contribution in [0.25, 0.3) is 0 Å². The van der Waals surface area contributed by atoms with Crippen molar-refractivity contribution in [2.75, 3.05) is 42.9 Å². The molecule has 1 saturated heterocycles. The summed E-state index contributed by atoms with van der Waals surface area (Å²) in [5.74, 6) is 1.07. The topological polar surface area (TPSA) is 100 Å². The van der Waals surface area contributed by atoms with Crippen molar-refractivity contribution in [2.24, 2.45) is 0 Å². The summed E-state index contributed by atoms with van der Waals surface area (Å²) in [4.78, 5) is 39.3. The molecule has 0 aliphatic carbocycles. The highest BCUT2D eigenvalue weighted by molar-refractivity contribution is 5.89. The number of cyclic esters (lactones) is 1. The van der Waals surface area contributed by atoms with E-state index >= 15 is 0 Å². The zero-order valence-electron chi connectivity index (χ0n) is 23.4. The monoisotopic (exact) mass is 524 g/mol. The molecule has 2 atom stereocenters. The first kappa shape index (κ1) is 27.6. The van der Waals surface area contributed by atoms with Gasteiger partial charge in [-0.15, -0.1) is 0 Å². The van der Waals surface area contributed by atoms with Crippen LogP contribution in [0.5, 0.6) is 0 Å². The third kappa shape index (κ3) is 6.35. The van der Waals surface area contributed by atoms with E-state index in [2.05, 4.69) is 58.3 Å². The third-order valence-corrected chi connectivity index (χ3v) is 6.95. The zero-order chi connectivity index (χ0) is 27.4. The number of amides is 2. The van der Waals surface area contributed by atoms with Gasteiger partial charge in [-0.3, -0.25) is 9.80 Å². The number of anilines is 2. The Hall–Kier alpha value is -3.40. The lowest BCUT2D eigenvalue weighted by Crippen LogP contribution is -2.50. The molecule has 2 aliphatic heterocycles. The Bertz CT molecular complexity index is 1130. The van der Waals surface area contributed by atoms with E-state index in [4.69, 9.17) is 9.47 Å². The second-order valence-electron chi connectivity index (χ2n) is 10.8. The Morgan fingerprint density at radius 1 is 1.11 bits per heavy atom. The number of nitrogens with one attached hydrogen (secondary N) is 1. The summed E-state index contributed by atoms with van der Waals surface area (Å²) in [7, 11) is 0. The van der Waals surface area contributed by atoms with Gasteiger partial charge in [0.05, 0.1) is 11.6 Å². The summed E-state index contributed by atoms with van der Waals surface area (Å²) in [5, 5.41) is 3.36. The van der Waals surface area contributed by atoms with E-state index in [1.165, 1.54) is 10.5 Å². The third-order valence-electron chi connectivity index (χ3n) is 6.95. The second-order valence-corrected chi connectivity index (χ2v) is 10.8. The largest absolute Gasteiger partial charge is 0.444 e. The molecule has 1 N–H and O–H groups in total. The van der Waals surface area contributed by atoms with Crippen molar-refractivity contribution < 1.29 is 19.1 Å². The van der Waals surface area contributed by atoms with Crippen molar-refractivity contribution in [2.45, 2.75) is 72.3 Å². The molecule has 1 aromatic carbocycles. The van der Waals surface area contributed by atoms with Gasteiger partial charge in [0.25, 0.3) is 0 Å². The van der Waals surface area contributed by atoms with Crippen LogP contribution in [0.15, 0.2) is 30.5 Å². The molecule has 2 aliphatic rings. The number of ether oxygens (including phenoxy) is 2. The molecule has 206 valence electrons. The first-order chi connectivity index (χ1) is 18.1. The minimum atomic E-state index is -0.482. The van der Waals surface area contributed by atoms with Gasteiger partial charge in [0.1, 0.15) is 18.0 Å². The van der Waals surface area contributed by atoms with Gasteiger partial charge in [0.15, 0.2) is 0 Å². The number of carbonyl (C=O) groups excluding carboxylic acids is 2. The van der Waals surface area contributed by atoms with E-state index < -0.39 is 5.60 Å². The predicted octanol–water partition coefficient (Wildman–Crippen LogP) is 5.13.